The van der Waals surface area contributed by atoms with Gasteiger partial charge in [-0.3, -0.25) is 9.59 Å². The van der Waals surface area contributed by atoms with Crippen LogP contribution >= 0.6 is 0 Å². The highest BCUT2D eigenvalue weighted by Crippen LogP contribution is 2.29. The van der Waals surface area contributed by atoms with Crippen LogP contribution in [-0.2, 0) is 0 Å². The van der Waals surface area contributed by atoms with E-state index in [1.807, 2.05) is 56.3 Å². The van der Waals surface area contributed by atoms with Gasteiger partial charge in [0.25, 0.3) is 11.8 Å². The lowest BCUT2D eigenvalue weighted by Gasteiger charge is -2.13. The summed E-state index contributed by atoms with van der Waals surface area (Å²) in [6.45, 7) is 3.95. The Morgan fingerprint density at radius 3 is 2.24 bits per heavy atom. The maximum absolute atomic E-state index is 12.8. The molecule has 2 amide bonds. The zero-order valence-corrected chi connectivity index (χ0v) is 16.5. The molecule has 3 aromatic rings. The average molecular weight is 388 g/mol. The molecule has 0 saturated carbocycles. The van der Waals surface area contributed by atoms with Gasteiger partial charge in [0, 0.05) is 17.2 Å². The summed E-state index contributed by atoms with van der Waals surface area (Å²) in [4.78, 5) is 25.1. The van der Waals surface area contributed by atoms with Crippen LogP contribution < -0.4 is 15.4 Å². The van der Waals surface area contributed by atoms with E-state index in [0.717, 1.165) is 6.42 Å². The molecule has 0 saturated heterocycles. The zero-order chi connectivity index (χ0) is 20.6. The van der Waals surface area contributed by atoms with E-state index in [-0.39, 0.29) is 17.9 Å². The molecular formula is C24H24N2O3. The van der Waals surface area contributed by atoms with E-state index >= 15 is 0 Å². The normalized spacial score (nSPS) is 11.4. The van der Waals surface area contributed by atoms with E-state index in [1.54, 1.807) is 36.4 Å². The molecule has 0 aliphatic carbocycles. The Morgan fingerprint density at radius 1 is 0.862 bits per heavy atom. The van der Waals surface area contributed by atoms with Crippen molar-refractivity contribution in [2.45, 2.75) is 26.3 Å². The molecule has 5 heteroatoms. The lowest BCUT2D eigenvalue weighted by molar-refractivity contribution is 0.0939. The predicted molar refractivity (Wildman–Crippen MR) is 115 cm³/mol. The third-order valence-electron chi connectivity index (χ3n) is 4.48. The highest BCUT2D eigenvalue weighted by atomic mass is 16.5. The van der Waals surface area contributed by atoms with Gasteiger partial charge < -0.3 is 15.4 Å². The summed E-state index contributed by atoms with van der Waals surface area (Å²) in [5.74, 6) is 0.713. The summed E-state index contributed by atoms with van der Waals surface area (Å²) in [5, 5.41) is 5.78. The quantitative estimate of drug-likeness (QED) is 0.580. The minimum atomic E-state index is -0.313. The molecule has 0 bridgehead atoms. The summed E-state index contributed by atoms with van der Waals surface area (Å²) in [6.07, 6.45) is 0.837. The van der Waals surface area contributed by atoms with Crippen molar-refractivity contribution in [3.8, 4) is 11.5 Å². The number of carbonyl (C=O) groups excluding carboxylic acids is 2. The summed E-state index contributed by atoms with van der Waals surface area (Å²) >= 11 is 0. The molecule has 29 heavy (non-hydrogen) atoms. The first-order chi connectivity index (χ1) is 14.1. The van der Waals surface area contributed by atoms with Gasteiger partial charge >= 0.3 is 0 Å². The van der Waals surface area contributed by atoms with Crippen LogP contribution in [0, 0.1) is 0 Å². The predicted octanol–water partition coefficient (Wildman–Crippen LogP) is 5.26. The van der Waals surface area contributed by atoms with E-state index in [4.69, 9.17) is 4.74 Å². The molecule has 3 aromatic carbocycles. The number of hydrogen-bond donors (Lipinski definition) is 2. The van der Waals surface area contributed by atoms with Gasteiger partial charge in [-0.2, -0.15) is 0 Å². The molecule has 1 unspecified atom stereocenters. The van der Waals surface area contributed by atoms with Crippen LogP contribution in [0.5, 0.6) is 11.5 Å². The third kappa shape index (κ3) is 5.45. The fourth-order valence-corrected chi connectivity index (χ4v) is 2.68. The second kappa shape index (κ2) is 9.55. The molecule has 0 aromatic heterocycles. The van der Waals surface area contributed by atoms with Gasteiger partial charge in [0.15, 0.2) is 5.75 Å². The largest absolute Gasteiger partial charge is 0.455 e. The van der Waals surface area contributed by atoms with Crippen LogP contribution in [0.4, 0.5) is 5.69 Å². The van der Waals surface area contributed by atoms with Crippen molar-refractivity contribution in [2.24, 2.45) is 0 Å². The van der Waals surface area contributed by atoms with Crippen molar-refractivity contribution >= 4 is 17.5 Å². The molecule has 1 atom stereocenters. The van der Waals surface area contributed by atoms with E-state index in [1.165, 1.54) is 0 Å². The highest BCUT2D eigenvalue weighted by Gasteiger charge is 2.14. The molecule has 0 fully saturated rings. The molecule has 2 N–H and O–H groups in total. The highest BCUT2D eigenvalue weighted by molar-refractivity contribution is 6.06. The molecule has 0 radical (unpaired) electrons. The smallest absolute Gasteiger partial charge is 0.255 e. The first-order valence-electron chi connectivity index (χ1n) is 9.61. The second-order valence-corrected chi connectivity index (χ2v) is 6.73. The summed E-state index contributed by atoms with van der Waals surface area (Å²) in [6, 6.07) is 23.3. The van der Waals surface area contributed by atoms with Crippen molar-refractivity contribution in [3.63, 3.8) is 0 Å². The van der Waals surface area contributed by atoms with E-state index in [2.05, 4.69) is 10.6 Å². The average Bonchev–Trinajstić information content (AvgIpc) is 2.75. The molecule has 0 aliphatic heterocycles. The number of para-hydroxylation sites is 3. The van der Waals surface area contributed by atoms with Crippen LogP contribution in [-0.4, -0.2) is 17.9 Å². The number of rotatable bonds is 7. The molecule has 148 valence electrons. The number of carbonyl (C=O) groups is 2. The summed E-state index contributed by atoms with van der Waals surface area (Å²) in [7, 11) is 0. The number of amides is 2. The molecule has 0 heterocycles. The molecule has 0 spiro atoms. The number of nitrogens with one attached hydrogen (secondary N) is 2. The van der Waals surface area contributed by atoms with E-state index < -0.39 is 0 Å². The van der Waals surface area contributed by atoms with Crippen molar-refractivity contribution in [3.05, 3.63) is 90.0 Å². The van der Waals surface area contributed by atoms with Gasteiger partial charge in [0.1, 0.15) is 5.75 Å². The maximum Gasteiger partial charge on any atom is 0.255 e. The Bertz CT molecular complexity index is 986. The number of ether oxygens (including phenoxy) is 1. The molecule has 3 rings (SSSR count). The van der Waals surface area contributed by atoms with Gasteiger partial charge in [0.05, 0.1) is 5.69 Å². The summed E-state index contributed by atoms with van der Waals surface area (Å²) in [5.41, 5.74) is 1.40. The maximum atomic E-state index is 12.8. The minimum Gasteiger partial charge on any atom is -0.455 e. The van der Waals surface area contributed by atoms with Crippen molar-refractivity contribution in [2.75, 3.05) is 5.32 Å². The van der Waals surface area contributed by atoms with Gasteiger partial charge in [-0.1, -0.05) is 43.3 Å². The monoisotopic (exact) mass is 388 g/mol. The van der Waals surface area contributed by atoms with Crippen LogP contribution in [0.15, 0.2) is 78.9 Å². The van der Waals surface area contributed by atoms with Crippen LogP contribution in [0.25, 0.3) is 0 Å². The lowest BCUT2D eigenvalue weighted by atomic mass is 10.1. The van der Waals surface area contributed by atoms with Gasteiger partial charge in [-0.15, -0.1) is 0 Å². The van der Waals surface area contributed by atoms with Gasteiger partial charge in [-0.25, -0.2) is 0 Å². The van der Waals surface area contributed by atoms with Crippen molar-refractivity contribution in [1.82, 2.24) is 5.32 Å². The van der Waals surface area contributed by atoms with Crippen LogP contribution in [0.3, 0.4) is 0 Å². The van der Waals surface area contributed by atoms with Gasteiger partial charge in [-0.05, 0) is 55.8 Å². The van der Waals surface area contributed by atoms with Crippen LogP contribution in [0.1, 0.15) is 41.0 Å². The number of hydrogen-bond acceptors (Lipinski definition) is 3. The first kappa shape index (κ1) is 20.1. The van der Waals surface area contributed by atoms with Gasteiger partial charge in [0.2, 0.25) is 0 Å². The zero-order valence-electron chi connectivity index (χ0n) is 16.5. The van der Waals surface area contributed by atoms with E-state index in [9.17, 15) is 9.59 Å². The second-order valence-electron chi connectivity index (χ2n) is 6.73. The first-order valence-corrected chi connectivity index (χ1v) is 9.61. The Labute approximate surface area is 170 Å². The van der Waals surface area contributed by atoms with Crippen LogP contribution in [0.2, 0.25) is 0 Å². The van der Waals surface area contributed by atoms with E-state index in [0.29, 0.717) is 28.3 Å². The van der Waals surface area contributed by atoms with Crippen molar-refractivity contribution < 1.29 is 14.3 Å². The standard InChI is InChI=1S/C24H24N2O3/c1-3-17(2)25-23(27)18-10-9-11-19(16-18)24(28)26-21-14-7-8-15-22(21)29-20-12-5-4-6-13-20/h4-17H,3H2,1-2H3,(H,25,27)(H,26,28). The topological polar surface area (TPSA) is 67.4 Å². The summed E-state index contributed by atoms with van der Waals surface area (Å²) < 4.78 is 5.89. The fraction of sp³-hybridized carbons (Fsp3) is 0.167. The Balaban J connectivity index is 1.76. The van der Waals surface area contributed by atoms with Crippen molar-refractivity contribution in [1.29, 1.82) is 0 Å². The molecule has 5 nitrogen and oxygen atoms in total. The Morgan fingerprint density at radius 2 is 1.52 bits per heavy atom. The number of benzene rings is 3. The molecule has 0 aliphatic rings. The minimum absolute atomic E-state index is 0.0713. The molecular weight excluding hydrogens is 364 g/mol. The fourth-order valence-electron chi connectivity index (χ4n) is 2.68. The SMILES string of the molecule is CCC(C)NC(=O)c1cccc(C(=O)Nc2ccccc2Oc2ccccc2)c1. The Kier molecular flexibility index (Phi) is 6.63. The Hall–Kier alpha value is -3.60. The number of anilines is 1. The lowest BCUT2D eigenvalue weighted by Crippen LogP contribution is -2.32. The third-order valence-corrected chi connectivity index (χ3v) is 4.48.